The number of hydrogen-bond acceptors (Lipinski definition) is 4. The molecule has 1 N–H and O–H groups in total. The van der Waals surface area contributed by atoms with Crippen molar-refractivity contribution in [3.63, 3.8) is 0 Å². The fraction of sp³-hybridized carbons (Fsp3) is 0.917. The van der Waals surface area contributed by atoms with Crippen molar-refractivity contribution in [2.24, 2.45) is 0 Å². The van der Waals surface area contributed by atoms with Crippen molar-refractivity contribution >= 4 is 29.0 Å². The third kappa shape index (κ3) is 16.6. The molecule has 1 unspecified atom stereocenters. The summed E-state index contributed by atoms with van der Waals surface area (Å²) in [5.74, 6) is 1.08. The molecular formula is C12H26O2S2. The first kappa shape index (κ1) is 18.6. The van der Waals surface area contributed by atoms with Gasteiger partial charge in [-0.3, -0.25) is 0 Å². The summed E-state index contributed by atoms with van der Waals surface area (Å²) >= 11 is 6.53. The van der Waals surface area contributed by atoms with Gasteiger partial charge in [0.25, 0.3) is 0 Å². The number of rotatable bonds is 7. The molecule has 0 heterocycles. The summed E-state index contributed by atoms with van der Waals surface area (Å²) in [6.07, 6.45) is 7.00. The quantitative estimate of drug-likeness (QED) is 0.712. The zero-order valence-electron chi connectivity index (χ0n) is 11.0. The van der Waals surface area contributed by atoms with Crippen LogP contribution in [0.1, 0.15) is 46.0 Å². The number of aliphatic hydroxyl groups is 1. The molecule has 0 rings (SSSR count). The van der Waals surface area contributed by atoms with E-state index in [1.165, 1.54) is 0 Å². The molecule has 0 aromatic carbocycles. The summed E-state index contributed by atoms with van der Waals surface area (Å²) in [6, 6.07) is 0. The Labute approximate surface area is 110 Å². The second-order valence-electron chi connectivity index (χ2n) is 3.55. The Kier molecular flexibility index (Phi) is 17.6. The van der Waals surface area contributed by atoms with E-state index in [-0.39, 0.29) is 6.10 Å². The highest BCUT2D eigenvalue weighted by Crippen LogP contribution is 2.04. The molecule has 0 radical (unpaired) electrons. The van der Waals surface area contributed by atoms with Gasteiger partial charge in [-0.05, 0) is 43.5 Å². The van der Waals surface area contributed by atoms with Crippen molar-refractivity contribution in [2.75, 3.05) is 19.1 Å². The van der Waals surface area contributed by atoms with Gasteiger partial charge in [0.2, 0.25) is 0 Å². The van der Waals surface area contributed by atoms with Gasteiger partial charge in [-0.25, -0.2) is 0 Å². The van der Waals surface area contributed by atoms with Gasteiger partial charge in [0.15, 0.2) is 5.05 Å². The molecule has 0 spiro atoms. The molecular weight excluding hydrogens is 240 g/mol. The Bertz CT molecular complexity index is 152. The number of thioether (sulfide) groups is 1. The van der Waals surface area contributed by atoms with Gasteiger partial charge < -0.3 is 9.84 Å². The second kappa shape index (κ2) is 15.2. The van der Waals surface area contributed by atoms with E-state index in [4.69, 9.17) is 22.1 Å². The maximum absolute atomic E-state index is 9.17. The van der Waals surface area contributed by atoms with Crippen LogP contribution >= 0.6 is 24.0 Å². The molecule has 0 saturated carbocycles. The third-order valence-corrected chi connectivity index (χ3v) is 2.97. The Morgan fingerprint density at radius 1 is 1.31 bits per heavy atom. The molecule has 2 nitrogen and oxygen atoms in total. The monoisotopic (exact) mass is 266 g/mol. The zero-order valence-corrected chi connectivity index (χ0v) is 12.6. The molecule has 16 heavy (non-hydrogen) atoms. The van der Waals surface area contributed by atoms with E-state index >= 15 is 0 Å². The number of hydrogen-bond donors (Lipinski definition) is 1. The lowest BCUT2D eigenvalue weighted by Gasteiger charge is -2.05. The fourth-order valence-electron chi connectivity index (χ4n) is 1.04. The van der Waals surface area contributed by atoms with Crippen molar-refractivity contribution in [1.29, 1.82) is 0 Å². The topological polar surface area (TPSA) is 29.5 Å². The van der Waals surface area contributed by atoms with Crippen molar-refractivity contribution < 1.29 is 9.84 Å². The van der Waals surface area contributed by atoms with E-state index in [9.17, 15) is 0 Å². The maximum Gasteiger partial charge on any atom is 0.159 e. The highest BCUT2D eigenvalue weighted by molar-refractivity contribution is 7.98. The number of thiocarbonyl (C=S) groups is 1. The lowest BCUT2D eigenvalue weighted by Crippen LogP contribution is -2.06. The maximum atomic E-state index is 9.17. The Balaban J connectivity index is 0. The van der Waals surface area contributed by atoms with Gasteiger partial charge in [0.1, 0.15) is 0 Å². The smallest absolute Gasteiger partial charge is 0.159 e. The van der Waals surface area contributed by atoms with Crippen LogP contribution in [0.3, 0.4) is 0 Å². The molecule has 0 aliphatic heterocycles. The minimum absolute atomic E-state index is 0.0533. The predicted molar refractivity (Wildman–Crippen MR) is 78.4 cm³/mol. The van der Waals surface area contributed by atoms with Crippen LogP contribution in [0.2, 0.25) is 0 Å². The largest absolute Gasteiger partial charge is 0.490 e. The standard InChI is InChI=1S/C7H16OS.C5H10OS/c1-3-4-7(8)5-6-9-2;1-3-4-5(7)6-2/h7-8H,3-6H2,1-2H3;3-4H2,1-2H3. The lowest BCUT2D eigenvalue weighted by molar-refractivity contribution is 0.160. The van der Waals surface area contributed by atoms with E-state index in [2.05, 4.69) is 20.1 Å². The highest BCUT2D eigenvalue weighted by atomic mass is 32.2. The zero-order chi connectivity index (χ0) is 12.8. The molecule has 0 aliphatic carbocycles. The summed E-state index contributed by atoms with van der Waals surface area (Å²) in [5.41, 5.74) is 0. The summed E-state index contributed by atoms with van der Waals surface area (Å²) in [6.45, 7) is 4.17. The molecule has 0 amide bonds. The molecule has 0 saturated heterocycles. The van der Waals surface area contributed by atoms with E-state index < -0.39 is 0 Å². The van der Waals surface area contributed by atoms with Crippen LogP contribution in [0.25, 0.3) is 0 Å². The summed E-state index contributed by atoms with van der Waals surface area (Å²) in [4.78, 5) is 0. The molecule has 0 aromatic rings. The first-order chi connectivity index (χ1) is 7.62. The van der Waals surface area contributed by atoms with Gasteiger partial charge in [0.05, 0.1) is 13.2 Å². The Morgan fingerprint density at radius 3 is 2.25 bits per heavy atom. The summed E-state index contributed by atoms with van der Waals surface area (Å²) in [5, 5.41) is 9.88. The highest BCUT2D eigenvalue weighted by Gasteiger charge is 1.99. The van der Waals surface area contributed by atoms with Crippen LogP contribution in [-0.4, -0.2) is 35.4 Å². The van der Waals surface area contributed by atoms with Crippen LogP contribution in [0.15, 0.2) is 0 Å². The summed E-state index contributed by atoms with van der Waals surface area (Å²) in [7, 11) is 1.61. The number of aliphatic hydroxyl groups excluding tert-OH is 1. The molecule has 0 fully saturated rings. The average molecular weight is 266 g/mol. The number of methoxy groups -OCH3 is 1. The minimum atomic E-state index is -0.0533. The average Bonchev–Trinajstić information content (AvgIpc) is 2.28. The molecule has 0 bridgehead atoms. The Morgan fingerprint density at radius 2 is 1.94 bits per heavy atom. The van der Waals surface area contributed by atoms with Crippen molar-refractivity contribution in [3.05, 3.63) is 0 Å². The molecule has 1 atom stereocenters. The van der Waals surface area contributed by atoms with E-state index in [1.54, 1.807) is 18.9 Å². The van der Waals surface area contributed by atoms with Crippen LogP contribution in [0, 0.1) is 0 Å². The van der Waals surface area contributed by atoms with E-state index in [1.807, 2.05) is 0 Å². The van der Waals surface area contributed by atoms with Crippen molar-refractivity contribution in [2.45, 2.75) is 52.1 Å². The van der Waals surface area contributed by atoms with Gasteiger partial charge in [-0.1, -0.05) is 20.3 Å². The van der Waals surface area contributed by atoms with Gasteiger partial charge in [0, 0.05) is 6.42 Å². The SMILES string of the molecule is CCCC(=S)OC.CCCC(O)CCSC. The third-order valence-electron chi connectivity index (χ3n) is 1.96. The van der Waals surface area contributed by atoms with Gasteiger partial charge in [-0.2, -0.15) is 11.8 Å². The number of ether oxygens (including phenoxy) is 1. The van der Waals surface area contributed by atoms with E-state index in [0.717, 1.165) is 37.9 Å². The molecule has 4 heteroatoms. The summed E-state index contributed by atoms with van der Waals surface area (Å²) < 4.78 is 4.72. The lowest BCUT2D eigenvalue weighted by atomic mass is 10.2. The predicted octanol–water partition coefficient (Wildman–Crippen LogP) is 3.66. The second-order valence-corrected chi connectivity index (χ2v) is 4.99. The molecule has 98 valence electrons. The van der Waals surface area contributed by atoms with Crippen LogP contribution < -0.4 is 0 Å². The van der Waals surface area contributed by atoms with Crippen LogP contribution in [0.4, 0.5) is 0 Å². The molecule has 0 aliphatic rings. The first-order valence-corrected chi connectivity index (χ1v) is 7.66. The van der Waals surface area contributed by atoms with E-state index in [0.29, 0.717) is 5.05 Å². The Hall–Kier alpha value is 0.200. The van der Waals surface area contributed by atoms with Gasteiger partial charge >= 0.3 is 0 Å². The minimum Gasteiger partial charge on any atom is -0.490 e. The first-order valence-electron chi connectivity index (χ1n) is 5.86. The molecule has 0 aromatic heterocycles. The van der Waals surface area contributed by atoms with Crippen LogP contribution in [0.5, 0.6) is 0 Å². The van der Waals surface area contributed by atoms with Crippen LogP contribution in [-0.2, 0) is 4.74 Å². The normalized spacial score (nSPS) is 11.3. The van der Waals surface area contributed by atoms with Gasteiger partial charge in [-0.15, -0.1) is 0 Å². The van der Waals surface area contributed by atoms with Crippen molar-refractivity contribution in [1.82, 2.24) is 0 Å². The fourth-order valence-corrected chi connectivity index (χ4v) is 1.75. The van der Waals surface area contributed by atoms with Crippen molar-refractivity contribution in [3.8, 4) is 0 Å².